The van der Waals surface area contributed by atoms with E-state index in [0.29, 0.717) is 6.54 Å². The maximum absolute atomic E-state index is 10.9. The summed E-state index contributed by atoms with van der Waals surface area (Å²) in [6.07, 6.45) is 0. The zero-order chi connectivity index (χ0) is 16.8. The maximum Gasteiger partial charge on any atom is 0.335 e. The van der Waals surface area contributed by atoms with Gasteiger partial charge in [0.1, 0.15) is 11.5 Å². The molecule has 1 aliphatic rings. The Morgan fingerprint density at radius 2 is 1.88 bits per heavy atom. The second-order valence-electron chi connectivity index (χ2n) is 5.78. The van der Waals surface area contributed by atoms with E-state index in [0.717, 1.165) is 56.5 Å². The summed E-state index contributed by atoms with van der Waals surface area (Å²) in [5.41, 5.74) is 1.15. The minimum Gasteiger partial charge on any atom is -0.478 e. The second kappa shape index (κ2) is 8.10. The van der Waals surface area contributed by atoms with Crippen molar-refractivity contribution in [3.05, 3.63) is 47.7 Å². The third-order valence-corrected chi connectivity index (χ3v) is 4.09. The van der Waals surface area contributed by atoms with Crippen molar-refractivity contribution in [1.82, 2.24) is 10.2 Å². The van der Waals surface area contributed by atoms with Gasteiger partial charge in [0.2, 0.25) is 0 Å². The normalized spacial score (nSPS) is 15.5. The summed E-state index contributed by atoms with van der Waals surface area (Å²) in [4.78, 5) is 13.3. The summed E-state index contributed by atoms with van der Waals surface area (Å²) in [7, 11) is 0. The topological polar surface area (TPSA) is 74.9 Å². The van der Waals surface area contributed by atoms with Crippen molar-refractivity contribution in [1.29, 1.82) is 0 Å². The van der Waals surface area contributed by atoms with Gasteiger partial charge in [-0.25, -0.2) is 4.79 Å². The lowest BCUT2D eigenvalue weighted by Gasteiger charge is -2.26. The van der Waals surface area contributed by atoms with Gasteiger partial charge in [0.15, 0.2) is 0 Å². The number of nitrogens with one attached hydrogen (secondary N) is 1. The van der Waals surface area contributed by atoms with Crippen LogP contribution >= 0.6 is 0 Å². The van der Waals surface area contributed by atoms with Crippen LogP contribution in [0.2, 0.25) is 0 Å². The Morgan fingerprint density at radius 1 is 1.12 bits per heavy atom. The second-order valence-corrected chi connectivity index (χ2v) is 5.78. The van der Waals surface area contributed by atoms with E-state index in [1.165, 1.54) is 0 Å². The van der Waals surface area contributed by atoms with Gasteiger partial charge >= 0.3 is 5.97 Å². The first-order valence-corrected chi connectivity index (χ1v) is 8.15. The largest absolute Gasteiger partial charge is 0.478 e. The van der Waals surface area contributed by atoms with Crippen LogP contribution in [0.4, 0.5) is 0 Å². The zero-order valence-electron chi connectivity index (χ0n) is 13.5. The summed E-state index contributed by atoms with van der Waals surface area (Å²) >= 11 is 0. The van der Waals surface area contributed by atoms with Crippen molar-refractivity contribution in [2.45, 2.75) is 6.54 Å². The van der Waals surface area contributed by atoms with E-state index in [4.69, 9.17) is 14.3 Å². The van der Waals surface area contributed by atoms with Crippen LogP contribution in [0.25, 0.3) is 11.3 Å². The van der Waals surface area contributed by atoms with Gasteiger partial charge < -0.3 is 19.6 Å². The smallest absolute Gasteiger partial charge is 0.335 e. The van der Waals surface area contributed by atoms with E-state index < -0.39 is 5.97 Å². The number of rotatable bonds is 7. The van der Waals surface area contributed by atoms with Crippen LogP contribution < -0.4 is 5.32 Å². The Balaban J connectivity index is 1.47. The molecule has 1 aromatic carbocycles. The molecule has 6 heteroatoms. The lowest BCUT2D eigenvalue weighted by atomic mass is 10.1. The first-order chi connectivity index (χ1) is 11.7. The first-order valence-electron chi connectivity index (χ1n) is 8.15. The van der Waals surface area contributed by atoms with E-state index in [9.17, 15) is 4.79 Å². The van der Waals surface area contributed by atoms with Crippen LogP contribution in [0, 0.1) is 0 Å². The fourth-order valence-electron chi connectivity index (χ4n) is 2.68. The molecule has 24 heavy (non-hydrogen) atoms. The van der Waals surface area contributed by atoms with Crippen LogP contribution in [-0.2, 0) is 11.3 Å². The van der Waals surface area contributed by atoms with Gasteiger partial charge in [-0.05, 0) is 24.3 Å². The van der Waals surface area contributed by atoms with Gasteiger partial charge in [0, 0.05) is 31.7 Å². The Kier molecular flexibility index (Phi) is 5.63. The minimum absolute atomic E-state index is 0.273. The number of aromatic carboxylic acids is 1. The van der Waals surface area contributed by atoms with E-state index in [-0.39, 0.29) is 5.56 Å². The molecular weight excluding hydrogens is 308 g/mol. The molecule has 0 aliphatic carbocycles. The first kappa shape index (κ1) is 16.7. The minimum atomic E-state index is -0.925. The molecule has 0 atom stereocenters. The number of morpholine rings is 1. The summed E-state index contributed by atoms with van der Waals surface area (Å²) in [6.45, 7) is 6.23. The molecule has 2 N–H and O–H groups in total. The monoisotopic (exact) mass is 330 g/mol. The van der Waals surface area contributed by atoms with Crippen LogP contribution in [0.1, 0.15) is 16.1 Å². The van der Waals surface area contributed by atoms with Crippen molar-refractivity contribution in [3.8, 4) is 11.3 Å². The lowest BCUT2D eigenvalue weighted by molar-refractivity contribution is 0.0383. The van der Waals surface area contributed by atoms with E-state index in [2.05, 4.69) is 10.2 Å². The Bertz CT molecular complexity index is 660. The fourth-order valence-corrected chi connectivity index (χ4v) is 2.68. The Morgan fingerprint density at radius 3 is 2.58 bits per heavy atom. The van der Waals surface area contributed by atoms with Crippen LogP contribution in [-0.4, -0.2) is 55.4 Å². The molecule has 0 saturated carbocycles. The van der Waals surface area contributed by atoms with Crippen LogP contribution in [0.3, 0.4) is 0 Å². The quantitative estimate of drug-likeness (QED) is 0.757. The number of carboxylic acid groups (broad SMARTS) is 1. The van der Waals surface area contributed by atoms with Gasteiger partial charge in [-0.2, -0.15) is 0 Å². The molecular formula is C18H22N2O4. The number of carbonyl (C=O) groups is 1. The van der Waals surface area contributed by atoms with Crippen molar-refractivity contribution >= 4 is 5.97 Å². The van der Waals surface area contributed by atoms with E-state index >= 15 is 0 Å². The summed E-state index contributed by atoms with van der Waals surface area (Å²) < 4.78 is 11.1. The molecule has 6 nitrogen and oxygen atoms in total. The molecule has 0 bridgehead atoms. The summed E-state index contributed by atoms with van der Waals surface area (Å²) in [6, 6.07) is 10.5. The number of furan rings is 1. The van der Waals surface area contributed by atoms with Crippen molar-refractivity contribution in [3.63, 3.8) is 0 Å². The third-order valence-electron chi connectivity index (χ3n) is 4.09. The van der Waals surface area contributed by atoms with Crippen molar-refractivity contribution in [2.75, 3.05) is 39.4 Å². The summed E-state index contributed by atoms with van der Waals surface area (Å²) in [5.74, 6) is 0.692. The van der Waals surface area contributed by atoms with Crippen molar-refractivity contribution in [2.24, 2.45) is 0 Å². The predicted molar refractivity (Wildman–Crippen MR) is 90.1 cm³/mol. The molecule has 0 radical (unpaired) electrons. The molecule has 1 saturated heterocycles. The molecule has 1 aromatic heterocycles. The summed E-state index contributed by atoms with van der Waals surface area (Å²) in [5, 5.41) is 12.3. The van der Waals surface area contributed by atoms with Gasteiger partial charge in [0.05, 0.1) is 25.3 Å². The highest BCUT2D eigenvalue weighted by atomic mass is 16.5. The Labute approximate surface area is 141 Å². The molecule has 0 unspecified atom stereocenters. The average molecular weight is 330 g/mol. The van der Waals surface area contributed by atoms with Gasteiger partial charge in [-0.3, -0.25) is 4.90 Å². The number of hydrogen-bond donors (Lipinski definition) is 2. The number of ether oxygens (including phenoxy) is 1. The van der Waals surface area contributed by atoms with Gasteiger partial charge in [0.25, 0.3) is 0 Å². The number of carboxylic acids is 1. The highest BCUT2D eigenvalue weighted by Gasteiger charge is 2.10. The number of nitrogens with zero attached hydrogens (tertiary/aromatic N) is 1. The predicted octanol–water partition coefficient (Wildman–Crippen LogP) is 2.07. The SMILES string of the molecule is O=C(O)c1ccc(-c2ccc(CNCCN3CCOCC3)o2)cc1. The van der Waals surface area contributed by atoms with E-state index in [1.807, 2.05) is 12.1 Å². The standard InChI is InChI=1S/C18H22N2O4/c21-18(22)15-3-1-14(2-4-15)17-6-5-16(24-17)13-19-7-8-20-9-11-23-12-10-20/h1-6,19H,7-13H2,(H,21,22). The molecule has 1 fully saturated rings. The lowest BCUT2D eigenvalue weighted by Crippen LogP contribution is -2.40. The van der Waals surface area contributed by atoms with Gasteiger partial charge in [-0.1, -0.05) is 12.1 Å². The zero-order valence-corrected chi connectivity index (χ0v) is 13.5. The highest BCUT2D eigenvalue weighted by molar-refractivity contribution is 5.88. The van der Waals surface area contributed by atoms with Crippen LogP contribution in [0.5, 0.6) is 0 Å². The van der Waals surface area contributed by atoms with Crippen LogP contribution in [0.15, 0.2) is 40.8 Å². The van der Waals surface area contributed by atoms with Crippen molar-refractivity contribution < 1.29 is 19.1 Å². The maximum atomic E-state index is 10.9. The van der Waals surface area contributed by atoms with E-state index in [1.54, 1.807) is 24.3 Å². The number of benzene rings is 1. The molecule has 1 aliphatic heterocycles. The molecule has 128 valence electrons. The third kappa shape index (κ3) is 4.44. The van der Waals surface area contributed by atoms with Gasteiger partial charge in [-0.15, -0.1) is 0 Å². The molecule has 3 rings (SSSR count). The Hall–Kier alpha value is -2.15. The average Bonchev–Trinajstić information content (AvgIpc) is 3.09. The fraction of sp³-hybridized carbons (Fsp3) is 0.389. The molecule has 2 heterocycles. The molecule has 0 amide bonds. The molecule has 2 aromatic rings. The molecule has 0 spiro atoms. The highest BCUT2D eigenvalue weighted by Crippen LogP contribution is 2.22. The number of hydrogen-bond acceptors (Lipinski definition) is 5.